The van der Waals surface area contributed by atoms with Gasteiger partial charge in [-0.15, -0.1) is 21.0 Å². The zero-order valence-corrected chi connectivity index (χ0v) is 19.8. The molecule has 34 heavy (non-hydrogen) atoms. The number of hydrogen-bond acceptors (Lipinski definition) is 9. The summed E-state index contributed by atoms with van der Waals surface area (Å²) in [7, 11) is -1.02. The van der Waals surface area contributed by atoms with Crippen LogP contribution in [0.25, 0.3) is 34.3 Å². The topological polar surface area (TPSA) is 120 Å². The van der Waals surface area contributed by atoms with Crippen LogP contribution in [0.1, 0.15) is 19.1 Å². The third-order valence-corrected chi connectivity index (χ3v) is 7.80. The van der Waals surface area contributed by atoms with Gasteiger partial charge in [-0.2, -0.15) is 0 Å². The van der Waals surface area contributed by atoms with E-state index in [4.69, 9.17) is 9.40 Å². The highest BCUT2D eigenvalue weighted by Crippen LogP contribution is 2.53. The second kappa shape index (κ2) is 9.24. The fraction of sp³-hybridized carbons (Fsp3) is 0.250. The minimum Gasteiger partial charge on any atom is -0.415 e. The van der Waals surface area contributed by atoms with E-state index in [2.05, 4.69) is 20.5 Å². The summed E-state index contributed by atoms with van der Waals surface area (Å²) < 4.78 is 28.7. The van der Waals surface area contributed by atoms with Gasteiger partial charge in [0.2, 0.25) is 5.89 Å². The van der Waals surface area contributed by atoms with Crippen molar-refractivity contribution in [2.75, 3.05) is 20.1 Å². The van der Waals surface area contributed by atoms with Crippen LogP contribution in [-0.2, 0) is 6.54 Å². The van der Waals surface area contributed by atoms with Crippen molar-refractivity contribution in [1.82, 2.24) is 29.8 Å². The van der Waals surface area contributed by atoms with Gasteiger partial charge < -0.3 is 9.73 Å². The quantitative estimate of drug-likeness (QED) is 0.340. The first-order valence-corrected chi connectivity index (χ1v) is 12.5. The fourth-order valence-corrected chi connectivity index (χ4v) is 5.26. The number of aromatic nitrogens is 4. The zero-order valence-electron chi connectivity index (χ0n) is 19.0. The molecular weight excluding hydrogens is 452 g/mol. The van der Waals surface area contributed by atoms with Crippen molar-refractivity contribution >= 4 is 10.8 Å². The summed E-state index contributed by atoms with van der Waals surface area (Å²) >= 11 is 0. The van der Waals surface area contributed by atoms with E-state index in [0.29, 0.717) is 46.8 Å². The molecule has 10 heteroatoms. The summed E-state index contributed by atoms with van der Waals surface area (Å²) in [5.74, 6) is 0.711. The second-order valence-corrected chi connectivity index (χ2v) is 10.2. The average Bonchev–Trinajstić information content (AvgIpc) is 3.29. The SMILES string of the molecule is CNCc1ccc(-c2nnc(-c3nc(-c4ccc(S(O)(O)N5CCC5)cc4)cnc3C)o2)cc1.[HH]. The maximum Gasteiger partial charge on any atom is 0.268 e. The number of nitrogens with one attached hydrogen (secondary N) is 1. The number of hydrogen-bond donors (Lipinski definition) is 3. The fourth-order valence-electron chi connectivity index (χ4n) is 3.70. The molecule has 1 fully saturated rings. The lowest BCUT2D eigenvalue weighted by Gasteiger charge is -2.47. The first-order valence-electron chi connectivity index (χ1n) is 11.0. The minimum absolute atomic E-state index is 0. The van der Waals surface area contributed by atoms with Gasteiger partial charge in [0.25, 0.3) is 5.89 Å². The smallest absolute Gasteiger partial charge is 0.268 e. The molecule has 2 aromatic heterocycles. The molecular formula is C24H28N6O3S. The van der Waals surface area contributed by atoms with E-state index in [1.165, 1.54) is 0 Å². The van der Waals surface area contributed by atoms with Gasteiger partial charge in [0.15, 0.2) is 0 Å². The number of nitrogens with zero attached hydrogens (tertiary/aromatic N) is 5. The lowest BCUT2D eigenvalue weighted by molar-refractivity contribution is 0.270. The molecule has 4 aromatic rings. The molecule has 0 amide bonds. The lowest BCUT2D eigenvalue weighted by Crippen LogP contribution is -2.39. The van der Waals surface area contributed by atoms with E-state index >= 15 is 0 Å². The normalized spacial score (nSPS) is 14.7. The van der Waals surface area contributed by atoms with E-state index < -0.39 is 10.8 Å². The molecule has 9 nitrogen and oxygen atoms in total. The highest BCUT2D eigenvalue weighted by Gasteiger charge is 2.29. The van der Waals surface area contributed by atoms with Crippen LogP contribution in [0.2, 0.25) is 0 Å². The largest absolute Gasteiger partial charge is 0.415 e. The number of benzene rings is 2. The highest BCUT2D eigenvalue weighted by atomic mass is 32.3. The number of rotatable bonds is 7. The molecule has 0 atom stereocenters. The maximum absolute atomic E-state index is 10.5. The highest BCUT2D eigenvalue weighted by molar-refractivity contribution is 8.22. The number of aryl methyl sites for hydroxylation is 1. The zero-order chi connectivity index (χ0) is 23.7. The van der Waals surface area contributed by atoms with Gasteiger partial charge in [0.05, 0.1) is 22.5 Å². The maximum atomic E-state index is 10.5. The molecule has 5 rings (SSSR count). The molecule has 1 saturated heterocycles. The first-order chi connectivity index (χ1) is 16.5. The van der Waals surface area contributed by atoms with Crippen LogP contribution in [-0.4, -0.2) is 53.7 Å². The third kappa shape index (κ3) is 4.33. The molecule has 3 heterocycles. The Bertz CT molecular complexity index is 1290. The predicted molar refractivity (Wildman–Crippen MR) is 133 cm³/mol. The van der Waals surface area contributed by atoms with Crippen molar-refractivity contribution in [1.29, 1.82) is 0 Å². The van der Waals surface area contributed by atoms with E-state index in [9.17, 15) is 9.11 Å². The third-order valence-electron chi connectivity index (χ3n) is 5.81. The van der Waals surface area contributed by atoms with E-state index in [-0.39, 0.29) is 1.43 Å². The molecule has 0 aliphatic carbocycles. The summed E-state index contributed by atoms with van der Waals surface area (Å²) in [5, 5.41) is 11.5. The van der Waals surface area contributed by atoms with E-state index in [1.807, 2.05) is 50.4 Å². The Morgan fingerprint density at radius 1 is 1.00 bits per heavy atom. The monoisotopic (exact) mass is 480 g/mol. The van der Waals surface area contributed by atoms with Gasteiger partial charge in [0, 0.05) is 32.2 Å². The lowest BCUT2D eigenvalue weighted by atomic mass is 10.1. The Balaban J connectivity index is 0.00000289. The second-order valence-electron chi connectivity index (χ2n) is 8.15. The Morgan fingerprint density at radius 3 is 2.32 bits per heavy atom. The van der Waals surface area contributed by atoms with Crippen LogP contribution in [0, 0.1) is 6.92 Å². The van der Waals surface area contributed by atoms with Crippen molar-refractivity contribution in [2.45, 2.75) is 24.8 Å². The molecule has 0 unspecified atom stereocenters. The standard InChI is InChI=1S/C24H26N6O3S.H2/c1-16-22(24-29-28-23(33-24)19-6-4-17(5-7-19)14-25-2)27-21(15-26-16)18-8-10-20(11-9-18)34(31,32)30-12-3-13-30;/h4-11,15,25,31-32H,3,12-14H2,1-2H3;1H. The van der Waals surface area contributed by atoms with Crippen LogP contribution >= 0.6 is 10.8 Å². The van der Waals surface area contributed by atoms with Gasteiger partial charge in [-0.3, -0.25) is 14.1 Å². The van der Waals surface area contributed by atoms with E-state index in [0.717, 1.165) is 29.7 Å². The molecule has 2 aromatic carbocycles. The van der Waals surface area contributed by atoms with Crippen molar-refractivity contribution in [3.8, 4) is 34.3 Å². The Kier molecular flexibility index (Phi) is 6.15. The summed E-state index contributed by atoms with van der Waals surface area (Å²) in [5.41, 5.74) is 4.61. The van der Waals surface area contributed by atoms with Crippen LogP contribution in [0.5, 0.6) is 0 Å². The molecule has 178 valence electrons. The van der Waals surface area contributed by atoms with Crippen LogP contribution < -0.4 is 5.32 Å². The van der Waals surface area contributed by atoms with Crippen molar-refractivity contribution in [3.63, 3.8) is 0 Å². The van der Waals surface area contributed by atoms with Crippen LogP contribution in [0.15, 0.2) is 64.0 Å². The first kappa shape index (κ1) is 22.6. The summed E-state index contributed by atoms with van der Waals surface area (Å²) in [6.45, 7) is 4.02. The van der Waals surface area contributed by atoms with Crippen LogP contribution in [0.4, 0.5) is 0 Å². The molecule has 0 saturated carbocycles. The Hall–Kier alpha value is -3.15. The predicted octanol–water partition coefficient (Wildman–Crippen LogP) is 4.86. The van der Waals surface area contributed by atoms with Gasteiger partial charge in [-0.05, 0) is 50.2 Å². The van der Waals surface area contributed by atoms with Gasteiger partial charge >= 0.3 is 0 Å². The summed E-state index contributed by atoms with van der Waals surface area (Å²) in [4.78, 5) is 9.68. The van der Waals surface area contributed by atoms with Crippen molar-refractivity contribution in [2.24, 2.45) is 0 Å². The van der Waals surface area contributed by atoms with Gasteiger partial charge in [-0.25, -0.2) is 9.29 Å². The average molecular weight is 481 g/mol. The Labute approximate surface area is 200 Å². The van der Waals surface area contributed by atoms with Gasteiger partial charge in [-0.1, -0.05) is 24.3 Å². The molecule has 1 aliphatic rings. The molecule has 3 N–H and O–H groups in total. The van der Waals surface area contributed by atoms with Gasteiger partial charge in [0.1, 0.15) is 5.69 Å². The van der Waals surface area contributed by atoms with Crippen LogP contribution in [0.3, 0.4) is 0 Å². The summed E-state index contributed by atoms with van der Waals surface area (Å²) in [6, 6.07) is 15.0. The molecule has 0 spiro atoms. The molecule has 0 bridgehead atoms. The summed E-state index contributed by atoms with van der Waals surface area (Å²) in [6.07, 6.45) is 2.66. The van der Waals surface area contributed by atoms with Crippen molar-refractivity contribution < 1.29 is 14.9 Å². The Morgan fingerprint density at radius 2 is 1.68 bits per heavy atom. The minimum atomic E-state index is -2.93. The molecule has 1 aliphatic heterocycles. The van der Waals surface area contributed by atoms with Crippen molar-refractivity contribution in [3.05, 3.63) is 66.0 Å². The molecule has 0 radical (unpaired) electrons. The van der Waals surface area contributed by atoms with E-state index in [1.54, 1.807) is 22.6 Å².